The van der Waals surface area contributed by atoms with Gasteiger partial charge >= 0.3 is 42.2 Å². The van der Waals surface area contributed by atoms with E-state index in [-0.39, 0.29) is 6.15 Å². The Kier molecular flexibility index (Phi) is 7.41. The lowest BCUT2D eigenvalue weighted by atomic mass is 10.2. The zero-order valence-electron chi connectivity index (χ0n) is 12.0. The molecule has 2 atom stereocenters. The van der Waals surface area contributed by atoms with Crippen molar-refractivity contribution in [3.05, 3.63) is 12.4 Å². The Morgan fingerprint density at radius 1 is 0.778 bits per heavy atom. The average Bonchev–Trinajstić information content (AvgIpc) is 2.33. The lowest BCUT2D eigenvalue weighted by molar-refractivity contribution is -0.522. The third-order valence-electron chi connectivity index (χ3n) is 2.23. The molecule has 0 spiro atoms. The molecular formula is C9H6F13NO4. The van der Waals surface area contributed by atoms with Crippen molar-refractivity contribution in [3.8, 4) is 0 Å². The molecule has 18 heteroatoms. The molecule has 0 aromatic rings. The molecule has 0 saturated carbocycles. The molecule has 0 saturated heterocycles. The van der Waals surface area contributed by atoms with Crippen LogP contribution in [0.4, 0.5) is 57.1 Å². The quantitative estimate of drug-likeness (QED) is 0.575. The number of carboxylic acids is 1. The molecule has 0 aliphatic carbocycles. The molecule has 0 amide bonds. The van der Waals surface area contributed by atoms with Crippen LogP contribution in [0.1, 0.15) is 0 Å². The first-order chi connectivity index (χ1) is 11.1. The number of hydrogen-bond acceptors (Lipinski definition) is 4. The van der Waals surface area contributed by atoms with Gasteiger partial charge in [-0.05, 0) is 0 Å². The van der Waals surface area contributed by atoms with Gasteiger partial charge < -0.3 is 11.3 Å². The molecule has 0 aliphatic rings. The molecule has 2 unspecified atom stereocenters. The summed E-state index contributed by atoms with van der Waals surface area (Å²) in [5.41, 5.74) is 0. The molecular weight excluding hydrogens is 433 g/mol. The van der Waals surface area contributed by atoms with Crippen LogP contribution in [0.25, 0.3) is 0 Å². The van der Waals surface area contributed by atoms with E-state index in [1.165, 1.54) is 0 Å². The number of ether oxygens (including phenoxy) is 2. The smallest absolute Gasteiger partial charge is 0.460 e. The molecule has 0 heterocycles. The highest BCUT2D eigenvalue weighted by molar-refractivity contribution is 5.76. The molecule has 0 fully saturated rings. The second-order valence-electron chi connectivity index (χ2n) is 4.13. The fourth-order valence-corrected chi connectivity index (χ4v) is 0.979. The third-order valence-corrected chi connectivity index (χ3v) is 2.23. The van der Waals surface area contributed by atoms with Crippen molar-refractivity contribution in [3.63, 3.8) is 0 Å². The number of aliphatic carboxylic acids is 1. The van der Waals surface area contributed by atoms with E-state index in [0.29, 0.717) is 0 Å². The first kappa shape index (κ1) is 27.4. The van der Waals surface area contributed by atoms with Gasteiger partial charge in [0.05, 0.1) is 0 Å². The zero-order chi connectivity index (χ0) is 21.6. The first-order valence-electron chi connectivity index (χ1n) is 5.30. The van der Waals surface area contributed by atoms with Crippen LogP contribution < -0.4 is 6.15 Å². The summed E-state index contributed by atoms with van der Waals surface area (Å²) in [4.78, 5) is 10.1. The van der Waals surface area contributed by atoms with E-state index in [0.717, 1.165) is 0 Å². The van der Waals surface area contributed by atoms with Crippen LogP contribution in [-0.4, -0.2) is 47.4 Å². The molecule has 4 N–H and O–H groups in total. The highest BCUT2D eigenvalue weighted by atomic mass is 19.4. The lowest BCUT2D eigenvalue weighted by Crippen LogP contribution is -2.65. The molecule has 0 bridgehead atoms. The maximum atomic E-state index is 13.5. The van der Waals surface area contributed by atoms with Crippen LogP contribution in [-0.2, 0) is 14.3 Å². The normalized spacial score (nSPS) is 18.1. The SMILES string of the molecule is C=C(F)C(F)(F)OC(F)(C(F)(F)F)C(F)(F)OC(F)(C(=O)O)C(F)(F)F.N. The van der Waals surface area contributed by atoms with Crippen LogP contribution in [0.3, 0.4) is 0 Å². The standard InChI is InChI=1S/C9H3F13O4.H3N/c1-2(10)5(12,13)26-6(14,8(18,19)20)9(21,22)25-4(11,3(23)24)7(15,16)17;/h1H2,(H,23,24);1H3. The maximum Gasteiger partial charge on any atom is 0.460 e. The molecule has 0 aliphatic heterocycles. The van der Waals surface area contributed by atoms with Crippen molar-refractivity contribution in [1.29, 1.82) is 0 Å². The number of carbonyl (C=O) groups is 1. The fourth-order valence-electron chi connectivity index (χ4n) is 0.979. The topological polar surface area (TPSA) is 90.8 Å². The van der Waals surface area contributed by atoms with Crippen LogP contribution in [0.15, 0.2) is 12.4 Å². The van der Waals surface area contributed by atoms with Crippen LogP contribution >= 0.6 is 0 Å². The van der Waals surface area contributed by atoms with Gasteiger partial charge in [-0.2, -0.15) is 52.7 Å². The summed E-state index contributed by atoms with van der Waals surface area (Å²) >= 11 is 0. The van der Waals surface area contributed by atoms with E-state index >= 15 is 0 Å². The van der Waals surface area contributed by atoms with E-state index in [1.54, 1.807) is 11.3 Å². The second kappa shape index (κ2) is 7.30. The Bertz CT molecular complexity index is 573. The van der Waals surface area contributed by atoms with Crippen molar-refractivity contribution >= 4 is 5.97 Å². The van der Waals surface area contributed by atoms with Gasteiger partial charge in [0.2, 0.25) is 0 Å². The third kappa shape index (κ3) is 4.92. The maximum absolute atomic E-state index is 13.5. The lowest BCUT2D eigenvalue weighted by Gasteiger charge is -2.37. The summed E-state index contributed by atoms with van der Waals surface area (Å²) in [7, 11) is 0. The van der Waals surface area contributed by atoms with E-state index in [1.807, 2.05) is 4.74 Å². The van der Waals surface area contributed by atoms with Crippen molar-refractivity contribution in [2.75, 3.05) is 0 Å². The van der Waals surface area contributed by atoms with Gasteiger partial charge in [0, 0.05) is 0 Å². The Hall–Kier alpha value is -1.82. The molecule has 162 valence electrons. The predicted molar refractivity (Wildman–Crippen MR) is 54.8 cm³/mol. The van der Waals surface area contributed by atoms with Crippen LogP contribution in [0.2, 0.25) is 0 Å². The highest BCUT2D eigenvalue weighted by Crippen LogP contribution is 2.53. The van der Waals surface area contributed by atoms with Crippen LogP contribution in [0, 0.1) is 0 Å². The minimum absolute atomic E-state index is 0. The Labute approximate surface area is 138 Å². The molecule has 0 aromatic carbocycles. The minimum atomic E-state index is -7.42. The molecule has 5 nitrogen and oxygen atoms in total. The number of alkyl halides is 12. The van der Waals surface area contributed by atoms with E-state index < -0.39 is 48.1 Å². The van der Waals surface area contributed by atoms with Gasteiger partial charge in [-0.3, -0.25) is 9.47 Å². The number of halogens is 13. The van der Waals surface area contributed by atoms with Crippen molar-refractivity contribution in [1.82, 2.24) is 6.15 Å². The minimum Gasteiger partial charge on any atom is -0.477 e. The number of rotatable bonds is 7. The summed E-state index contributed by atoms with van der Waals surface area (Å²) in [5, 5.41) is 7.90. The van der Waals surface area contributed by atoms with Crippen molar-refractivity contribution in [2.45, 2.75) is 36.3 Å². The Morgan fingerprint density at radius 2 is 1.15 bits per heavy atom. The molecule has 0 radical (unpaired) electrons. The summed E-state index contributed by atoms with van der Waals surface area (Å²) in [5.74, 6) is -21.4. The van der Waals surface area contributed by atoms with Gasteiger partial charge in [-0.1, -0.05) is 6.58 Å². The summed E-state index contributed by atoms with van der Waals surface area (Å²) in [6.45, 7) is 1.61. The van der Waals surface area contributed by atoms with Gasteiger partial charge in [0.15, 0.2) is 5.83 Å². The van der Waals surface area contributed by atoms with Gasteiger partial charge in [0.25, 0.3) is 0 Å². The summed E-state index contributed by atoms with van der Waals surface area (Å²) < 4.78 is 168. The van der Waals surface area contributed by atoms with E-state index in [4.69, 9.17) is 5.11 Å². The van der Waals surface area contributed by atoms with Crippen molar-refractivity contribution < 1.29 is 76.5 Å². The average molecular weight is 439 g/mol. The predicted octanol–water partition coefficient (Wildman–Crippen LogP) is 4.39. The first-order valence-corrected chi connectivity index (χ1v) is 5.30. The monoisotopic (exact) mass is 439 g/mol. The second-order valence-corrected chi connectivity index (χ2v) is 4.13. The molecule has 0 rings (SSSR count). The van der Waals surface area contributed by atoms with Crippen molar-refractivity contribution in [2.24, 2.45) is 0 Å². The van der Waals surface area contributed by atoms with Gasteiger partial charge in [0.1, 0.15) is 0 Å². The van der Waals surface area contributed by atoms with E-state index in [2.05, 4.69) is 0 Å². The zero-order valence-corrected chi connectivity index (χ0v) is 12.0. The Balaban J connectivity index is 0. The summed E-state index contributed by atoms with van der Waals surface area (Å²) in [6, 6.07) is 0. The van der Waals surface area contributed by atoms with E-state index in [9.17, 15) is 61.9 Å². The van der Waals surface area contributed by atoms with Gasteiger partial charge in [-0.25, -0.2) is 9.18 Å². The number of carboxylic acid groups (broad SMARTS) is 1. The summed E-state index contributed by atoms with van der Waals surface area (Å²) in [6.07, 6.45) is -28.1. The number of hydrogen-bond donors (Lipinski definition) is 2. The molecule has 0 aromatic heterocycles. The highest BCUT2D eigenvalue weighted by Gasteiger charge is 2.81. The Morgan fingerprint density at radius 3 is 1.37 bits per heavy atom. The largest absolute Gasteiger partial charge is 0.477 e. The molecule has 27 heavy (non-hydrogen) atoms. The van der Waals surface area contributed by atoms with Crippen LogP contribution in [0.5, 0.6) is 0 Å². The van der Waals surface area contributed by atoms with Gasteiger partial charge in [-0.15, -0.1) is 0 Å². The fraction of sp³-hybridized carbons (Fsp3) is 0.667.